The van der Waals surface area contributed by atoms with Gasteiger partial charge < -0.3 is 4.74 Å². The number of rotatable bonds is 4. The first-order chi connectivity index (χ1) is 17.5. The molecule has 0 bridgehead atoms. The Morgan fingerprint density at radius 2 is 2.19 bits per heavy atom. The summed E-state index contributed by atoms with van der Waals surface area (Å²) in [4.78, 5) is 0. The van der Waals surface area contributed by atoms with E-state index in [4.69, 9.17) is 21.2 Å². The molecule has 26 heavy (non-hydrogen) atoms. The molecule has 0 saturated heterocycles. The standard InChI is InChI=1S/C21H16BrFN2O/c1-14-9-18(22)17-12-24-25(20(17)10-14)16-7-8-21(19(23)11-16)26-13-15-5-3-2-4-6-15/h2-12H,13H2,1H3/i1D3,5D,7D,8D,9D,10D,11D,12D,13D2. The zero-order valence-corrected chi connectivity index (χ0v) is 14.5. The highest BCUT2D eigenvalue weighted by atomic mass is 79.9. The maximum Gasteiger partial charge on any atom is 0.167 e. The largest absolute Gasteiger partial charge is 0.486 e. The van der Waals surface area contributed by atoms with Gasteiger partial charge in [-0.2, -0.15) is 5.10 Å². The molecule has 0 aliphatic rings. The first kappa shape index (κ1) is 7.92. The molecule has 0 saturated carbocycles. The summed E-state index contributed by atoms with van der Waals surface area (Å²) in [7, 11) is 0. The average Bonchev–Trinajstić information content (AvgIpc) is 3.15. The van der Waals surface area contributed by atoms with Crippen LogP contribution in [0.5, 0.6) is 5.75 Å². The summed E-state index contributed by atoms with van der Waals surface area (Å²) in [5, 5.41) is 3.66. The minimum Gasteiger partial charge on any atom is -0.486 e. The third-order valence-corrected chi connectivity index (χ3v) is 3.91. The minimum atomic E-state index is -2.93. The lowest BCUT2D eigenvalue weighted by molar-refractivity contribution is 0.290. The van der Waals surface area contributed by atoms with Gasteiger partial charge in [-0.05, 0) is 42.1 Å². The molecule has 5 heteroatoms. The fourth-order valence-corrected chi connectivity index (χ4v) is 2.64. The van der Waals surface area contributed by atoms with E-state index >= 15 is 4.39 Å². The van der Waals surface area contributed by atoms with E-state index in [1.54, 1.807) is 0 Å². The predicted molar refractivity (Wildman–Crippen MR) is 104 cm³/mol. The fourth-order valence-electron chi connectivity index (χ4n) is 2.16. The smallest absolute Gasteiger partial charge is 0.167 e. The van der Waals surface area contributed by atoms with Crippen molar-refractivity contribution in [3.63, 3.8) is 0 Å². The Bertz CT molecular complexity index is 1590. The number of ether oxygens (including phenoxy) is 1. The van der Waals surface area contributed by atoms with Crippen molar-refractivity contribution in [1.82, 2.24) is 9.78 Å². The normalized spacial score (nSPS) is 18.7. The Labute approximate surface area is 176 Å². The van der Waals surface area contributed by atoms with Crippen molar-refractivity contribution in [3.8, 4) is 11.4 Å². The van der Waals surface area contributed by atoms with E-state index in [2.05, 4.69) is 21.0 Å². The van der Waals surface area contributed by atoms with Gasteiger partial charge >= 0.3 is 0 Å². The minimum absolute atomic E-state index is 0.183. The molecule has 0 unspecified atom stereocenters. The van der Waals surface area contributed by atoms with Crippen LogP contribution in [0.3, 0.4) is 0 Å². The molecule has 0 fully saturated rings. The molecule has 0 N–H and O–H groups in total. The molecule has 3 aromatic carbocycles. The molecule has 0 atom stereocenters. The van der Waals surface area contributed by atoms with Crippen LogP contribution in [0.2, 0.25) is 0 Å². The molecule has 1 heterocycles. The fraction of sp³-hybridized carbons (Fsp3) is 0.0952. The molecule has 0 aliphatic carbocycles. The van der Waals surface area contributed by atoms with Gasteiger partial charge in [0.15, 0.2) is 11.6 Å². The van der Waals surface area contributed by atoms with Crippen molar-refractivity contribution in [3.05, 3.63) is 88.1 Å². The second-order valence-electron chi connectivity index (χ2n) is 5.03. The van der Waals surface area contributed by atoms with Crippen molar-refractivity contribution in [2.45, 2.75) is 13.4 Å². The second-order valence-corrected chi connectivity index (χ2v) is 5.83. The van der Waals surface area contributed by atoms with Crippen LogP contribution in [-0.2, 0) is 6.56 Å². The Morgan fingerprint density at radius 3 is 3.04 bits per heavy atom. The quantitative estimate of drug-likeness (QED) is 0.414. The molecule has 4 aromatic rings. The molecular weight excluding hydrogens is 395 g/mol. The summed E-state index contributed by atoms with van der Waals surface area (Å²) in [5.41, 5.74) is -2.12. The molecule has 0 radical (unpaired) electrons. The third kappa shape index (κ3) is 3.22. The lowest BCUT2D eigenvalue weighted by Crippen LogP contribution is -2.00. The number of aromatic nitrogens is 2. The van der Waals surface area contributed by atoms with E-state index in [0.29, 0.717) is 4.68 Å². The van der Waals surface area contributed by atoms with Gasteiger partial charge in [-0.1, -0.05) is 46.2 Å². The van der Waals surface area contributed by atoms with Gasteiger partial charge in [0.2, 0.25) is 0 Å². The molecule has 3 nitrogen and oxygen atoms in total. The third-order valence-electron chi connectivity index (χ3n) is 3.31. The van der Waals surface area contributed by atoms with Crippen LogP contribution < -0.4 is 4.74 Å². The van der Waals surface area contributed by atoms with Gasteiger partial charge in [-0.15, -0.1) is 0 Å². The van der Waals surface area contributed by atoms with Crippen LogP contribution in [-0.4, -0.2) is 9.78 Å². The van der Waals surface area contributed by atoms with E-state index in [1.165, 1.54) is 24.3 Å². The summed E-state index contributed by atoms with van der Waals surface area (Å²) < 4.78 is 118. The molecule has 4 rings (SSSR count). The monoisotopic (exact) mass is 422 g/mol. The number of benzene rings is 3. The zero-order chi connectivity index (χ0) is 28.5. The Kier molecular flexibility index (Phi) is 2.11. The number of hydrogen-bond donors (Lipinski definition) is 0. The van der Waals surface area contributed by atoms with Gasteiger partial charge in [0.1, 0.15) is 6.56 Å². The average molecular weight is 423 g/mol. The number of halogens is 2. The van der Waals surface area contributed by atoms with E-state index in [9.17, 15) is 0 Å². The van der Waals surface area contributed by atoms with Gasteiger partial charge in [0.05, 0.1) is 29.7 Å². The van der Waals surface area contributed by atoms with Crippen molar-refractivity contribution < 1.29 is 25.6 Å². The summed E-state index contributed by atoms with van der Waals surface area (Å²) >= 11 is 3.06. The van der Waals surface area contributed by atoms with Crippen LogP contribution in [0.4, 0.5) is 4.39 Å². The SMILES string of the molecule is [2H]c1ccccc1C([2H])([2H])Oc1c([2H])c([2H])c(-n2nc([2H])c3c(Br)c([2H])c(C([2H])([2H])[2H])c([2H])c32)c([2H])c1F. The van der Waals surface area contributed by atoms with E-state index in [1.807, 2.05) is 0 Å². The van der Waals surface area contributed by atoms with Crippen molar-refractivity contribution >= 4 is 26.8 Å². The van der Waals surface area contributed by atoms with Gasteiger partial charge in [-0.3, -0.25) is 0 Å². The molecule has 0 amide bonds. The lowest BCUT2D eigenvalue weighted by atomic mass is 10.2. The Morgan fingerprint density at radius 1 is 1.27 bits per heavy atom. The maximum atomic E-state index is 15.5. The Hall–Kier alpha value is -2.66. The second kappa shape index (κ2) is 6.92. The highest BCUT2D eigenvalue weighted by Gasteiger charge is 2.11. The van der Waals surface area contributed by atoms with Crippen molar-refractivity contribution in [1.29, 1.82) is 0 Å². The van der Waals surface area contributed by atoms with Crippen molar-refractivity contribution in [2.75, 3.05) is 0 Å². The summed E-state index contributed by atoms with van der Waals surface area (Å²) in [5.74, 6) is -2.63. The number of hydrogen-bond acceptors (Lipinski definition) is 2. The van der Waals surface area contributed by atoms with Gasteiger partial charge in [-0.25, -0.2) is 9.07 Å². The molecule has 1 aromatic heterocycles. The van der Waals surface area contributed by atoms with Crippen LogP contribution >= 0.6 is 15.9 Å². The predicted octanol–water partition coefficient (Wildman–Crippen LogP) is 5.81. The highest BCUT2D eigenvalue weighted by molar-refractivity contribution is 9.10. The number of nitrogens with zero attached hydrogens (tertiary/aromatic N) is 2. The van der Waals surface area contributed by atoms with Crippen LogP contribution in [0.15, 0.2) is 71.2 Å². The molecule has 0 spiro atoms. The van der Waals surface area contributed by atoms with Crippen molar-refractivity contribution in [2.24, 2.45) is 0 Å². The number of fused-ring (bicyclic) bond motifs is 1. The first-order valence-corrected chi connectivity index (χ1v) is 8.03. The maximum absolute atomic E-state index is 15.5. The molecular formula is C21H16BrFN2O. The van der Waals surface area contributed by atoms with Crippen LogP contribution in [0, 0.1) is 12.7 Å². The van der Waals surface area contributed by atoms with Crippen LogP contribution in [0.25, 0.3) is 16.6 Å². The highest BCUT2D eigenvalue weighted by Crippen LogP contribution is 2.29. The zero-order valence-electron chi connectivity index (χ0n) is 24.9. The topological polar surface area (TPSA) is 27.1 Å². The lowest BCUT2D eigenvalue weighted by Gasteiger charge is -2.10. The van der Waals surface area contributed by atoms with Gasteiger partial charge in [0, 0.05) is 20.0 Å². The summed E-state index contributed by atoms with van der Waals surface area (Å²) in [6.07, 6.45) is -0.569. The first-order valence-electron chi connectivity index (χ1n) is 13.2. The van der Waals surface area contributed by atoms with E-state index in [-0.39, 0.29) is 21.5 Å². The molecule has 130 valence electrons. The Balaban J connectivity index is 2.00. The summed E-state index contributed by atoms with van der Waals surface area (Å²) in [6, 6.07) is 0.829. The summed E-state index contributed by atoms with van der Waals surface area (Å²) in [6.45, 7) is -5.75. The molecule has 0 aliphatic heterocycles. The van der Waals surface area contributed by atoms with Gasteiger partial charge in [0.25, 0.3) is 0 Å². The van der Waals surface area contributed by atoms with Crippen LogP contribution in [0.1, 0.15) is 27.6 Å². The van der Waals surface area contributed by atoms with E-state index in [0.717, 1.165) is 0 Å². The van der Waals surface area contributed by atoms with E-state index < -0.39 is 78.1 Å².